The van der Waals surface area contributed by atoms with E-state index in [0.29, 0.717) is 17.1 Å². The molecule has 158 valence electrons. The van der Waals surface area contributed by atoms with E-state index in [9.17, 15) is 9.18 Å². The normalized spacial score (nSPS) is 11.8. The van der Waals surface area contributed by atoms with E-state index < -0.39 is 11.7 Å². The number of aromatic nitrogens is 1. The lowest BCUT2D eigenvalue weighted by Crippen LogP contribution is -2.39. The van der Waals surface area contributed by atoms with E-state index in [4.69, 9.17) is 21.1 Å². The molecule has 1 heterocycles. The summed E-state index contributed by atoms with van der Waals surface area (Å²) in [5.41, 5.74) is 1.19. The van der Waals surface area contributed by atoms with E-state index in [1.165, 1.54) is 11.0 Å². The molecule has 0 aliphatic rings. The van der Waals surface area contributed by atoms with Crippen molar-refractivity contribution in [1.29, 1.82) is 0 Å². The van der Waals surface area contributed by atoms with Gasteiger partial charge in [-0.05, 0) is 69.3 Å². The molecule has 30 heavy (non-hydrogen) atoms. The van der Waals surface area contributed by atoms with Crippen LogP contribution in [0.3, 0.4) is 0 Å². The van der Waals surface area contributed by atoms with Crippen LogP contribution in [0.1, 0.15) is 20.8 Å². The summed E-state index contributed by atoms with van der Waals surface area (Å²) in [4.78, 5) is 18.2. The minimum atomic E-state index is -0.655. The van der Waals surface area contributed by atoms with Gasteiger partial charge in [0.05, 0.1) is 16.5 Å². The monoisotopic (exact) mass is 448 g/mol. The highest BCUT2D eigenvalue weighted by molar-refractivity contribution is 7.21. The third kappa shape index (κ3) is 5.93. The Balaban J connectivity index is 1.67. The Morgan fingerprint density at radius 1 is 1.23 bits per heavy atom. The SMILES string of the molecule is CC(C)(C)OC(=O)N(CC=CF)COc1ccc(-c2nc3ccc(Cl)cc3s2)cc1. The van der Waals surface area contributed by atoms with Crippen LogP contribution in [0.25, 0.3) is 20.8 Å². The standard InChI is InChI=1S/C22H22ClFN2O3S/c1-22(2,3)29-21(27)26(12-4-11-24)14-28-17-8-5-15(6-9-17)20-25-18-10-7-16(23)13-19(18)30-20/h4-11,13H,12,14H2,1-3H3. The highest BCUT2D eigenvalue weighted by atomic mass is 35.5. The summed E-state index contributed by atoms with van der Waals surface area (Å²) in [5.74, 6) is 0.570. The molecule has 0 aliphatic carbocycles. The summed E-state index contributed by atoms with van der Waals surface area (Å²) in [5, 5.41) is 1.56. The van der Waals surface area contributed by atoms with Crippen molar-refractivity contribution in [2.75, 3.05) is 13.3 Å². The second-order valence-corrected chi connectivity index (χ2v) is 8.96. The van der Waals surface area contributed by atoms with Crippen molar-refractivity contribution in [2.24, 2.45) is 0 Å². The number of nitrogens with zero attached hydrogens (tertiary/aromatic N) is 2. The molecule has 3 rings (SSSR count). The molecule has 0 aliphatic heterocycles. The van der Waals surface area contributed by atoms with Crippen LogP contribution in [0.4, 0.5) is 9.18 Å². The number of rotatable bonds is 6. The zero-order valence-corrected chi connectivity index (χ0v) is 18.5. The van der Waals surface area contributed by atoms with Gasteiger partial charge in [-0.1, -0.05) is 11.6 Å². The van der Waals surface area contributed by atoms with Crippen molar-refractivity contribution in [1.82, 2.24) is 9.88 Å². The number of benzene rings is 2. The van der Waals surface area contributed by atoms with Gasteiger partial charge < -0.3 is 9.47 Å². The van der Waals surface area contributed by atoms with Crippen LogP contribution in [0.5, 0.6) is 5.75 Å². The molecule has 3 aromatic rings. The van der Waals surface area contributed by atoms with Gasteiger partial charge in [-0.3, -0.25) is 4.90 Å². The van der Waals surface area contributed by atoms with E-state index in [1.54, 1.807) is 44.2 Å². The summed E-state index contributed by atoms with van der Waals surface area (Å²) in [6, 6.07) is 13.0. The van der Waals surface area contributed by atoms with Crippen LogP contribution in [-0.4, -0.2) is 34.9 Å². The van der Waals surface area contributed by atoms with Gasteiger partial charge in [0.25, 0.3) is 0 Å². The van der Waals surface area contributed by atoms with Crippen molar-refractivity contribution < 1.29 is 18.7 Å². The van der Waals surface area contributed by atoms with Gasteiger partial charge in [-0.15, -0.1) is 11.3 Å². The summed E-state index contributed by atoms with van der Waals surface area (Å²) in [6.45, 7) is 5.27. The number of carbonyl (C=O) groups is 1. The molecule has 1 amide bonds. The molecule has 0 atom stereocenters. The highest BCUT2D eigenvalue weighted by Crippen LogP contribution is 2.32. The average molecular weight is 449 g/mol. The predicted octanol–water partition coefficient (Wildman–Crippen LogP) is 6.67. The summed E-state index contributed by atoms with van der Waals surface area (Å²) in [6.07, 6.45) is 1.03. The number of fused-ring (bicyclic) bond motifs is 1. The number of hydrogen-bond donors (Lipinski definition) is 0. The maximum absolute atomic E-state index is 12.4. The molecule has 1 aromatic heterocycles. The number of halogens is 2. The molecule has 0 bridgehead atoms. The Bertz CT molecular complexity index is 1040. The first kappa shape index (κ1) is 22.1. The van der Waals surface area contributed by atoms with E-state index in [1.807, 2.05) is 30.3 Å². The van der Waals surface area contributed by atoms with Gasteiger partial charge in [-0.2, -0.15) is 0 Å². The van der Waals surface area contributed by atoms with Crippen molar-refractivity contribution in [3.8, 4) is 16.3 Å². The number of ether oxygens (including phenoxy) is 2. The zero-order valence-electron chi connectivity index (χ0n) is 16.9. The molecule has 5 nitrogen and oxygen atoms in total. The summed E-state index contributed by atoms with van der Waals surface area (Å²) in [7, 11) is 0. The van der Waals surface area contributed by atoms with E-state index >= 15 is 0 Å². The number of thiazole rings is 1. The van der Waals surface area contributed by atoms with Gasteiger partial charge in [-0.25, -0.2) is 14.2 Å². The number of hydrogen-bond acceptors (Lipinski definition) is 5. The molecule has 0 spiro atoms. The maximum atomic E-state index is 12.4. The first-order chi connectivity index (χ1) is 14.2. The number of carbonyl (C=O) groups excluding carboxylic acids is 1. The topological polar surface area (TPSA) is 51.7 Å². The molecule has 2 aromatic carbocycles. The van der Waals surface area contributed by atoms with Gasteiger partial charge in [0.2, 0.25) is 0 Å². The molecular formula is C22H22ClFN2O3S. The molecule has 0 unspecified atom stereocenters. The van der Waals surface area contributed by atoms with Gasteiger partial charge in [0.1, 0.15) is 16.4 Å². The zero-order chi connectivity index (χ0) is 21.7. The quantitative estimate of drug-likeness (QED) is 0.395. The molecule has 0 saturated carbocycles. The minimum absolute atomic E-state index is 0.0394. The molecule has 0 fully saturated rings. The van der Waals surface area contributed by atoms with Crippen LogP contribution < -0.4 is 4.74 Å². The van der Waals surface area contributed by atoms with Gasteiger partial charge in [0.15, 0.2) is 6.73 Å². The third-order valence-corrected chi connectivity index (χ3v) is 5.21. The van der Waals surface area contributed by atoms with Crippen molar-refractivity contribution in [3.05, 3.63) is 59.9 Å². The lowest BCUT2D eigenvalue weighted by Gasteiger charge is -2.26. The molecule has 8 heteroatoms. The second kappa shape index (κ2) is 9.45. The van der Waals surface area contributed by atoms with Crippen LogP contribution in [0, 0.1) is 0 Å². The van der Waals surface area contributed by atoms with Crippen molar-refractivity contribution in [2.45, 2.75) is 26.4 Å². The second-order valence-electron chi connectivity index (χ2n) is 7.49. The average Bonchev–Trinajstić information content (AvgIpc) is 3.10. The van der Waals surface area contributed by atoms with Crippen LogP contribution in [-0.2, 0) is 4.74 Å². The van der Waals surface area contributed by atoms with Gasteiger partial charge >= 0.3 is 6.09 Å². The predicted molar refractivity (Wildman–Crippen MR) is 119 cm³/mol. The summed E-state index contributed by atoms with van der Waals surface area (Å²) >= 11 is 7.60. The molecular weight excluding hydrogens is 427 g/mol. The van der Waals surface area contributed by atoms with E-state index in [0.717, 1.165) is 20.8 Å². The molecule has 0 saturated heterocycles. The Labute approximate surface area is 183 Å². The third-order valence-electron chi connectivity index (χ3n) is 3.91. The Kier molecular flexibility index (Phi) is 6.95. The van der Waals surface area contributed by atoms with E-state index in [-0.39, 0.29) is 13.3 Å². The maximum Gasteiger partial charge on any atom is 0.413 e. The fourth-order valence-electron chi connectivity index (χ4n) is 2.54. The van der Waals surface area contributed by atoms with Crippen molar-refractivity contribution in [3.63, 3.8) is 0 Å². The lowest BCUT2D eigenvalue weighted by molar-refractivity contribution is 0.0129. The largest absolute Gasteiger partial charge is 0.473 e. The number of amides is 1. The van der Waals surface area contributed by atoms with E-state index in [2.05, 4.69) is 4.98 Å². The van der Waals surface area contributed by atoms with Crippen LogP contribution >= 0.6 is 22.9 Å². The first-order valence-electron chi connectivity index (χ1n) is 9.27. The Morgan fingerprint density at radius 3 is 2.63 bits per heavy atom. The molecule has 0 radical (unpaired) electrons. The van der Waals surface area contributed by atoms with Gasteiger partial charge in [0, 0.05) is 17.1 Å². The van der Waals surface area contributed by atoms with Crippen LogP contribution in [0.15, 0.2) is 54.9 Å². The fraction of sp³-hybridized carbons (Fsp3) is 0.273. The van der Waals surface area contributed by atoms with Crippen molar-refractivity contribution >= 4 is 39.2 Å². The minimum Gasteiger partial charge on any atom is -0.473 e. The summed E-state index contributed by atoms with van der Waals surface area (Å²) < 4.78 is 24.5. The lowest BCUT2D eigenvalue weighted by atomic mass is 10.2. The smallest absolute Gasteiger partial charge is 0.413 e. The fourth-order valence-corrected chi connectivity index (χ4v) is 3.79. The first-order valence-corrected chi connectivity index (χ1v) is 10.5. The Morgan fingerprint density at radius 2 is 1.97 bits per heavy atom. The van der Waals surface area contributed by atoms with Crippen LogP contribution in [0.2, 0.25) is 5.02 Å². The Hall–Kier alpha value is -2.64. The highest BCUT2D eigenvalue weighted by Gasteiger charge is 2.22. The molecule has 0 N–H and O–H groups in total.